The number of nitrogens with zero attached hydrogens (tertiary/aromatic N) is 2. The van der Waals surface area contributed by atoms with Crippen LogP contribution in [-0.4, -0.2) is 30.3 Å². The lowest BCUT2D eigenvalue weighted by molar-refractivity contribution is 0.135. The van der Waals surface area contributed by atoms with Crippen LogP contribution >= 0.6 is 0 Å². The van der Waals surface area contributed by atoms with Crippen LogP contribution in [0.4, 0.5) is 0 Å². The van der Waals surface area contributed by atoms with E-state index in [2.05, 4.69) is 9.82 Å². The molecule has 1 aromatic heterocycles. The zero-order valence-electron chi connectivity index (χ0n) is 14.2. The number of hydrogen-bond donors (Lipinski definition) is 1. The number of hydrogen-bond acceptors (Lipinski definition) is 4. The minimum absolute atomic E-state index is 0.119. The van der Waals surface area contributed by atoms with Gasteiger partial charge in [0.25, 0.3) is 0 Å². The van der Waals surface area contributed by atoms with Gasteiger partial charge in [-0.05, 0) is 37.5 Å². The molecule has 0 bridgehead atoms. The normalized spacial score (nSPS) is 17.3. The molecular weight excluding hydrogens is 326 g/mol. The quantitative estimate of drug-likeness (QED) is 0.868. The smallest absolute Gasteiger partial charge is 0.244 e. The van der Waals surface area contributed by atoms with Crippen molar-refractivity contribution in [3.63, 3.8) is 0 Å². The van der Waals surface area contributed by atoms with Gasteiger partial charge in [0.2, 0.25) is 10.0 Å². The van der Waals surface area contributed by atoms with Crippen molar-refractivity contribution in [1.29, 1.82) is 0 Å². The largest absolute Gasteiger partial charge is 0.486 e. The van der Waals surface area contributed by atoms with Gasteiger partial charge in [0.05, 0.1) is 0 Å². The van der Waals surface area contributed by atoms with Crippen LogP contribution in [0.15, 0.2) is 41.6 Å². The van der Waals surface area contributed by atoms with Crippen molar-refractivity contribution in [2.75, 3.05) is 6.54 Å². The maximum atomic E-state index is 12.7. The Morgan fingerprint density at radius 3 is 2.88 bits per heavy atom. The van der Waals surface area contributed by atoms with E-state index in [1.54, 1.807) is 23.0 Å². The van der Waals surface area contributed by atoms with Gasteiger partial charge in [0, 0.05) is 31.9 Å². The Labute approximate surface area is 142 Å². The molecule has 1 aliphatic rings. The van der Waals surface area contributed by atoms with Crippen LogP contribution in [0.25, 0.3) is 0 Å². The van der Waals surface area contributed by atoms with Crippen LogP contribution in [0, 0.1) is 5.92 Å². The van der Waals surface area contributed by atoms with Crippen LogP contribution in [0.3, 0.4) is 0 Å². The van der Waals surface area contributed by atoms with Gasteiger partial charge in [-0.25, -0.2) is 13.1 Å². The number of nitrogens with one attached hydrogen (secondary N) is 1. The summed E-state index contributed by atoms with van der Waals surface area (Å²) >= 11 is 0. The van der Waals surface area contributed by atoms with Crippen LogP contribution < -0.4 is 9.46 Å². The molecule has 2 heterocycles. The first kappa shape index (κ1) is 17.0. The summed E-state index contributed by atoms with van der Waals surface area (Å²) < 4.78 is 35.8. The molecule has 0 fully saturated rings. The van der Waals surface area contributed by atoms with Crippen molar-refractivity contribution < 1.29 is 13.2 Å². The average Bonchev–Trinajstić information content (AvgIpc) is 3.10. The molecule has 0 unspecified atom stereocenters. The fourth-order valence-electron chi connectivity index (χ4n) is 2.92. The Balaban J connectivity index is 1.72. The van der Waals surface area contributed by atoms with Gasteiger partial charge in [-0.1, -0.05) is 19.1 Å². The van der Waals surface area contributed by atoms with E-state index in [0.717, 1.165) is 5.56 Å². The van der Waals surface area contributed by atoms with Gasteiger partial charge < -0.3 is 4.74 Å². The Bertz CT molecular complexity index is 814. The third-order valence-electron chi connectivity index (χ3n) is 4.02. The monoisotopic (exact) mass is 349 g/mol. The number of aromatic nitrogens is 2. The summed E-state index contributed by atoms with van der Waals surface area (Å²) in [5.74, 6) is 0.600. The predicted molar refractivity (Wildman–Crippen MR) is 91.4 cm³/mol. The highest BCUT2D eigenvalue weighted by molar-refractivity contribution is 7.89. The Morgan fingerprint density at radius 1 is 1.38 bits per heavy atom. The van der Waals surface area contributed by atoms with E-state index in [9.17, 15) is 8.42 Å². The molecule has 0 spiro atoms. The number of ether oxygens (including phenoxy) is 1. The SMILES string of the molecule is C[C@@H](CNS(=O)(=O)c1cccc2c1OC(C)(C)C2)Cn1cccn1. The summed E-state index contributed by atoms with van der Waals surface area (Å²) in [5, 5.41) is 4.14. The fourth-order valence-corrected chi connectivity index (χ4v) is 4.26. The standard InChI is InChI=1S/C17H23N3O3S/c1-13(12-20-9-5-8-18-20)11-19-24(21,22)15-7-4-6-14-10-17(2,3)23-16(14)15/h4-9,13,19H,10-12H2,1-3H3/t13-/m0/s1. The molecular formula is C17H23N3O3S. The average molecular weight is 349 g/mol. The highest BCUT2D eigenvalue weighted by Gasteiger charge is 2.34. The molecule has 2 aromatic rings. The number of rotatable bonds is 6. The van der Waals surface area contributed by atoms with Gasteiger partial charge in [0.15, 0.2) is 0 Å². The first-order valence-corrected chi connectivity index (χ1v) is 9.53. The number of benzene rings is 1. The minimum atomic E-state index is -3.61. The second kappa shape index (κ2) is 6.22. The molecule has 0 saturated carbocycles. The second-order valence-corrected chi connectivity index (χ2v) is 8.70. The summed E-state index contributed by atoms with van der Waals surface area (Å²) in [6, 6.07) is 7.14. The zero-order valence-corrected chi connectivity index (χ0v) is 15.0. The lowest BCUT2D eigenvalue weighted by Crippen LogP contribution is -2.31. The lowest BCUT2D eigenvalue weighted by atomic mass is 10.0. The first-order chi connectivity index (χ1) is 11.3. The van der Waals surface area contributed by atoms with E-state index in [1.165, 1.54) is 0 Å². The third-order valence-corrected chi connectivity index (χ3v) is 5.47. The van der Waals surface area contributed by atoms with Gasteiger partial charge >= 0.3 is 0 Å². The second-order valence-electron chi connectivity index (χ2n) is 6.97. The number of fused-ring (bicyclic) bond motifs is 1. The molecule has 1 N–H and O–H groups in total. The summed E-state index contributed by atoms with van der Waals surface area (Å²) in [6.45, 7) is 6.91. The van der Waals surface area contributed by atoms with E-state index >= 15 is 0 Å². The van der Waals surface area contributed by atoms with E-state index in [4.69, 9.17) is 4.74 Å². The van der Waals surface area contributed by atoms with E-state index in [1.807, 2.05) is 39.1 Å². The molecule has 130 valence electrons. The van der Waals surface area contributed by atoms with Crippen molar-refractivity contribution in [2.45, 2.75) is 44.2 Å². The Kier molecular flexibility index (Phi) is 4.40. The maximum absolute atomic E-state index is 12.7. The molecule has 24 heavy (non-hydrogen) atoms. The van der Waals surface area contributed by atoms with Gasteiger partial charge in [0.1, 0.15) is 16.2 Å². The van der Waals surface area contributed by atoms with Gasteiger partial charge in [-0.3, -0.25) is 4.68 Å². The van der Waals surface area contributed by atoms with Crippen LogP contribution in [0.1, 0.15) is 26.3 Å². The summed E-state index contributed by atoms with van der Waals surface area (Å²) in [6.07, 6.45) is 4.29. The molecule has 0 amide bonds. The zero-order chi connectivity index (χ0) is 17.4. The first-order valence-electron chi connectivity index (χ1n) is 8.05. The topological polar surface area (TPSA) is 73.2 Å². The molecule has 0 aliphatic carbocycles. The summed E-state index contributed by atoms with van der Waals surface area (Å²) in [4.78, 5) is 0.219. The molecule has 6 nitrogen and oxygen atoms in total. The van der Waals surface area contributed by atoms with E-state index in [-0.39, 0.29) is 16.4 Å². The highest BCUT2D eigenvalue weighted by Crippen LogP contribution is 2.39. The fraction of sp³-hybridized carbons (Fsp3) is 0.471. The molecule has 3 rings (SSSR count). The lowest BCUT2D eigenvalue weighted by Gasteiger charge is -2.19. The van der Waals surface area contributed by atoms with Crippen LogP contribution in [0.5, 0.6) is 5.75 Å². The van der Waals surface area contributed by atoms with E-state index in [0.29, 0.717) is 25.3 Å². The van der Waals surface area contributed by atoms with Crippen molar-refractivity contribution in [2.24, 2.45) is 5.92 Å². The summed E-state index contributed by atoms with van der Waals surface area (Å²) in [7, 11) is -3.61. The van der Waals surface area contributed by atoms with E-state index < -0.39 is 10.0 Å². The number of para-hydroxylation sites is 1. The number of sulfonamides is 1. The molecule has 0 radical (unpaired) electrons. The molecule has 1 atom stereocenters. The van der Waals surface area contributed by atoms with Crippen LogP contribution in [-0.2, 0) is 23.0 Å². The van der Waals surface area contributed by atoms with Gasteiger partial charge in [-0.2, -0.15) is 5.10 Å². The minimum Gasteiger partial charge on any atom is -0.486 e. The van der Waals surface area contributed by atoms with Gasteiger partial charge in [-0.15, -0.1) is 0 Å². The predicted octanol–water partition coefficient (Wildman–Crippen LogP) is 2.21. The highest BCUT2D eigenvalue weighted by atomic mass is 32.2. The van der Waals surface area contributed by atoms with Crippen LogP contribution in [0.2, 0.25) is 0 Å². The molecule has 0 saturated heterocycles. The summed E-state index contributed by atoms with van der Waals surface area (Å²) in [5.41, 5.74) is 0.564. The molecule has 7 heteroatoms. The molecule has 1 aliphatic heterocycles. The Morgan fingerprint density at radius 2 is 2.17 bits per heavy atom. The maximum Gasteiger partial charge on any atom is 0.244 e. The van der Waals surface area contributed by atoms with Crippen molar-refractivity contribution in [3.05, 3.63) is 42.2 Å². The van der Waals surface area contributed by atoms with Crippen molar-refractivity contribution >= 4 is 10.0 Å². The molecule has 1 aromatic carbocycles. The van der Waals surface area contributed by atoms with Crippen molar-refractivity contribution in [1.82, 2.24) is 14.5 Å². The van der Waals surface area contributed by atoms with Crippen molar-refractivity contribution in [3.8, 4) is 5.75 Å². The third kappa shape index (κ3) is 3.62. The Hall–Kier alpha value is -1.86.